The van der Waals surface area contributed by atoms with Gasteiger partial charge < -0.3 is 10.1 Å². The highest BCUT2D eigenvalue weighted by molar-refractivity contribution is 8.00. The number of methoxy groups -OCH3 is 1. The number of aromatic nitrogens is 3. The normalized spacial score (nSPS) is 15.1. The maximum atomic E-state index is 12.7. The van der Waals surface area contributed by atoms with Gasteiger partial charge in [0.25, 0.3) is 0 Å². The van der Waals surface area contributed by atoms with Crippen LogP contribution >= 0.6 is 23.4 Å². The summed E-state index contributed by atoms with van der Waals surface area (Å²) >= 11 is 7.79. The Labute approximate surface area is 191 Å². The number of hydrogen-bond acceptors (Lipinski definition) is 5. The average Bonchev–Trinajstić information content (AvgIpc) is 3.44. The van der Waals surface area contributed by atoms with Crippen molar-refractivity contribution in [3.63, 3.8) is 0 Å². The third kappa shape index (κ3) is 4.88. The van der Waals surface area contributed by atoms with Crippen LogP contribution in [0.2, 0.25) is 5.02 Å². The van der Waals surface area contributed by atoms with E-state index in [9.17, 15) is 4.79 Å². The van der Waals surface area contributed by atoms with Crippen molar-refractivity contribution >= 4 is 29.3 Å². The molecule has 0 aliphatic heterocycles. The molecule has 1 aromatic heterocycles. The van der Waals surface area contributed by atoms with Crippen LogP contribution in [-0.4, -0.2) is 39.1 Å². The van der Waals surface area contributed by atoms with Gasteiger partial charge >= 0.3 is 0 Å². The van der Waals surface area contributed by atoms with Crippen LogP contribution in [0.1, 0.15) is 32.6 Å². The van der Waals surface area contributed by atoms with Gasteiger partial charge in [0, 0.05) is 11.6 Å². The fourth-order valence-corrected chi connectivity index (χ4v) is 4.88. The standard InChI is InChI=1S/C23H25ClN4O2S/c1-15(22(29)25-17-10-6-7-11-17)31-23-27-26-21(16-8-4-3-5-9-16)28(23)18-12-13-20(30-2)19(24)14-18/h3-5,8-9,12-15,17H,6-7,10-11H2,1-2H3,(H,25,29). The molecule has 1 amide bonds. The summed E-state index contributed by atoms with van der Waals surface area (Å²) < 4.78 is 7.23. The quantitative estimate of drug-likeness (QED) is 0.499. The van der Waals surface area contributed by atoms with Crippen LogP contribution in [0, 0.1) is 0 Å². The molecule has 2 aromatic carbocycles. The Morgan fingerprint density at radius 2 is 1.94 bits per heavy atom. The number of ether oxygens (including phenoxy) is 1. The molecule has 3 aromatic rings. The summed E-state index contributed by atoms with van der Waals surface area (Å²) in [6, 6.07) is 15.7. The predicted octanol–water partition coefficient (Wildman–Crippen LogP) is 5.14. The first-order valence-electron chi connectivity index (χ1n) is 10.4. The van der Waals surface area contributed by atoms with E-state index in [2.05, 4.69) is 15.5 Å². The Bertz CT molecular complexity index is 1050. The summed E-state index contributed by atoms with van der Waals surface area (Å²) in [4.78, 5) is 12.7. The summed E-state index contributed by atoms with van der Waals surface area (Å²) in [5.74, 6) is 1.31. The zero-order valence-corrected chi connectivity index (χ0v) is 19.1. The molecular weight excluding hydrogens is 432 g/mol. The van der Waals surface area contributed by atoms with Gasteiger partial charge in [-0.25, -0.2) is 0 Å². The van der Waals surface area contributed by atoms with Crippen molar-refractivity contribution in [1.82, 2.24) is 20.1 Å². The summed E-state index contributed by atoms with van der Waals surface area (Å²) in [5.41, 5.74) is 1.73. The Morgan fingerprint density at radius 3 is 2.61 bits per heavy atom. The third-order valence-corrected chi connectivity index (χ3v) is 6.75. The van der Waals surface area contributed by atoms with Crippen LogP contribution < -0.4 is 10.1 Å². The number of carbonyl (C=O) groups excluding carboxylic acids is 1. The second-order valence-electron chi connectivity index (χ2n) is 7.58. The molecule has 0 spiro atoms. The van der Waals surface area contributed by atoms with E-state index in [4.69, 9.17) is 16.3 Å². The highest BCUT2D eigenvalue weighted by Crippen LogP contribution is 2.33. The van der Waals surface area contributed by atoms with Crippen molar-refractivity contribution in [2.24, 2.45) is 0 Å². The van der Waals surface area contributed by atoms with Crippen molar-refractivity contribution < 1.29 is 9.53 Å². The number of amides is 1. The Balaban J connectivity index is 1.66. The molecule has 0 radical (unpaired) electrons. The fraction of sp³-hybridized carbons (Fsp3) is 0.348. The minimum Gasteiger partial charge on any atom is -0.495 e. The van der Waals surface area contributed by atoms with Crippen molar-refractivity contribution in [3.05, 3.63) is 53.6 Å². The van der Waals surface area contributed by atoms with Gasteiger partial charge in [0.15, 0.2) is 11.0 Å². The molecule has 1 atom stereocenters. The summed E-state index contributed by atoms with van der Waals surface area (Å²) in [6.07, 6.45) is 4.47. The topological polar surface area (TPSA) is 69.0 Å². The lowest BCUT2D eigenvalue weighted by molar-refractivity contribution is -0.120. The Kier molecular flexibility index (Phi) is 6.83. The summed E-state index contributed by atoms with van der Waals surface area (Å²) in [7, 11) is 1.58. The lowest BCUT2D eigenvalue weighted by atomic mass is 10.2. The molecule has 1 aliphatic rings. The Morgan fingerprint density at radius 1 is 1.19 bits per heavy atom. The van der Waals surface area contributed by atoms with Crippen LogP contribution in [-0.2, 0) is 4.79 Å². The molecule has 1 N–H and O–H groups in total. The van der Waals surface area contributed by atoms with Gasteiger partial charge in [-0.2, -0.15) is 0 Å². The zero-order chi connectivity index (χ0) is 21.8. The number of halogens is 1. The zero-order valence-electron chi connectivity index (χ0n) is 17.5. The van der Waals surface area contributed by atoms with E-state index >= 15 is 0 Å². The first kappa shape index (κ1) is 21.7. The van der Waals surface area contributed by atoms with E-state index in [-0.39, 0.29) is 17.2 Å². The van der Waals surface area contributed by atoms with Crippen LogP contribution in [0.15, 0.2) is 53.7 Å². The first-order valence-corrected chi connectivity index (χ1v) is 11.6. The number of hydrogen-bond donors (Lipinski definition) is 1. The number of carbonyl (C=O) groups is 1. The average molecular weight is 457 g/mol. The minimum atomic E-state index is -0.305. The van der Waals surface area contributed by atoms with Crippen molar-refractivity contribution in [3.8, 4) is 22.8 Å². The highest BCUT2D eigenvalue weighted by atomic mass is 35.5. The lowest BCUT2D eigenvalue weighted by Gasteiger charge is -2.17. The van der Waals surface area contributed by atoms with Crippen molar-refractivity contribution in [1.29, 1.82) is 0 Å². The maximum Gasteiger partial charge on any atom is 0.233 e. The van der Waals surface area contributed by atoms with Gasteiger partial charge in [-0.15, -0.1) is 10.2 Å². The Hall–Kier alpha value is -2.51. The molecule has 1 unspecified atom stereocenters. The molecule has 1 saturated carbocycles. The SMILES string of the molecule is COc1ccc(-n2c(SC(C)C(=O)NC3CCCC3)nnc2-c2ccccc2)cc1Cl. The van der Waals surface area contributed by atoms with E-state index in [1.807, 2.05) is 60.0 Å². The molecule has 0 bridgehead atoms. The number of thioether (sulfide) groups is 1. The van der Waals surface area contributed by atoms with Crippen molar-refractivity contribution in [2.45, 2.75) is 49.1 Å². The summed E-state index contributed by atoms with van der Waals surface area (Å²) in [6.45, 7) is 1.90. The van der Waals surface area contributed by atoms with Gasteiger partial charge in [-0.05, 0) is 38.0 Å². The smallest absolute Gasteiger partial charge is 0.233 e. The van der Waals surface area contributed by atoms with Crippen LogP contribution in [0.25, 0.3) is 17.1 Å². The van der Waals surface area contributed by atoms with E-state index in [0.29, 0.717) is 21.8 Å². The molecule has 1 heterocycles. The van der Waals surface area contributed by atoms with Crippen molar-refractivity contribution in [2.75, 3.05) is 7.11 Å². The molecular formula is C23H25ClN4O2S. The molecule has 1 fully saturated rings. The molecule has 6 nitrogen and oxygen atoms in total. The van der Waals surface area contributed by atoms with E-state index in [1.54, 1.807) is 7.11 Å². The molecule has 8 heteroatoms. The summed E-state index contributed by atoms with van der Waals surface area (Å²) in [5, 5.41) is 12.8. The minimum absolute atomic E-state index is 0.0282. The molecule has 4 rings (SSSR count). The number of nitrogens with one attached hydrogen (secondary N) is 1. The molecule has 162 valence electrons. The molecule has 1 aliphatic carbocycles. The van der Waals surface area contributed by atoms with Gasteiger partial charge in [0.1, 0.15) is 5.75 Å². The highest BCUT2D eigenvalue weighted by Gasteiger charge is 2.25. The van der Waals surface area contributed by atoms with Crippen LogP contribution in [0.3, 0.4) is 0 Å². The second kappa shape index (κ2) is 9.75. The van der Waals surface area contributed by atoms with Crippen LogP contribution in [0.5, 0.6) is 5.75 Å². The number of rotatable bonds is 7. The van der Waals surface area contributed by atoms with Crippen LogP contribution in [0.4, 0.5) is 0 Å². The largest absolute Gasteiger partial charge is 0.495 e. The van der Waals surface area contributed by atoms with E-state index < -0.39 is 0 Å². The van der Waals surface area contributed by atoms with Gasteiger partial charge in [-0.1, -0.05) is 66.5 Å². The monoisotopic (exact) mass is 456 g/mol. The maximum absolute atomic E-state index is 12.7. The first-order chi connectivity index (χ1) is 15.1. The van der Waals surface area contributed by atoms with Gasteiger partial charge in [0.2, 0.25) is 5.91 Å². The number of nitrogens with zero attached hydrogens (tertiary/aromatic N) is 3. The molecule has 0 saturated heterocycles. The lowest BCUT2D eigenvalue weighted by Crippen LogP contribution is -2.37. The van der Waals surface area contributed by atoms with E-state index in [0.717, 1.165) is 24.1 Å². The third-order valence-electron chi connectivity index (χ3n) is 5.41. The molecule has 31 heavy (non-hydrogen) atoms. The van der Waals surface area contributed by atoms with Gasteiger partial charge in [-0.3, -0.25) is 9.36 Å². The predicted molar refractivity (Wildman–Crippen MR) is 124 cm³/mol. The second-order valence-corrected chi connectivity index (χ2v) is 9.29. The van der Waals surface area contributed by atoms with Gasteiger partial charge in [0.05, 0.1) is 23.1 Å². The number of benzene rings is 2. The fourth-order valence-electron chi connectivity index (χ4n) is 3.75. The van der Waals surface area contributed by atoms with E-state index in [1.165, 1.54) is 24.6 Å².